The van der Waals surface area contributed by atoms with E-state index < -0.39 is 10.0 Å². The summed E-state index contributed by atoms with van der Waals surface area (Å²) in [5, 5.41) is 7.70. The highest BCUT2D eigenvalue weighted by Gasteiger charge is 2.33. The van der Waals surface area contributed by atoms with Crippen LogP contribution in [-0.4, -0.2) is 36.5 Å². The average molecular weight is 326 g/mol. The molecular formula is C13H18N4O4S. The highest BCUT2D eigenvalue weighted by atomic mass is 32.2. The van der Waals surface area contributed by atoms with E-state index in [0.717, 1.165) is 5.56 Å². The lowest BCUT2D eigenvalue weighted by atomic mass is 9.94. The lowest BCUT2D eigenvalue weighted by molar-refractivity contribution is 0.0970. The van der Waals surface area contributed by atoms with Crippen molar-refractivity contribution in [2.45, 2.75) is 31.7 Å². The molecule has 0 amide bonds. The van der Waals surface area contributed by atoms with Crippen molar-refractivity contribution in [1.82, 2.24) is 19.7 Å². The summed E-state index contributed by atoms with van der Waals surface area (Å²) in [4.78, 5) is 0.0771. The maximum absolute atomic E-state index is 12.4. The fourth-order valence-corrected chi connectivity index (χ4v) is 3.38. The van der Waals surface area contributed by atoms with Crippen LogP contribution >= 0.6 is 0 Å². The number of nitrogens with zero attached hydrogens (tertiary/aromatic N) is 3. The number of sulfonamides is 1. The van der Waals surface area contributed by atoms with Crippen LogP contribution in [0.25, 0.3) is 0 Å². The van der Waals surface area contributed by atoms with Crippen LogP contribution < -0.4 is 9.46 Å². The summed E-state index contributed by atoms with van der Waals surface area (Å²) in [7, 11) is -3.66. The molecule has 8 nitrogen and oxygen atoms in total. The van der Waals surface area contributed by atoms with Gasteiger partial charge in [0.05, 0.1) is 25.5 Å². The SMILES string of the molecule is CC1(C)COc2c(S(=O)(=O)NCCc3cnoc3)cnn2C1. The van der Waals surface area contributed by atoms with Crippen molar-refractivity contribution in [1.29, 1.82) is 0 Å². The maximum Gasteiger partial charge on any atom is 0.247 e. The summed E-state index contributed by atoms with van der Waals surface area (Å²) in [5.41, 5.74) is 0.764. The molecule has 0 aromatic carbocycles. The Morgan fingerprint density at radius 3 is 2.95 bits per heavy atom. The minimum atomic E-state index is -3.66. The van der Waals surface area contributed by atoms with E-state index in [1.165, 1.54) is 12.5 Å². The minimum absolute atomic E-state index is 0.0677. The molecule has 2 aromatic rings. The van der Waals surface area contributed by atoms with Crippen LogP contribution in [0.3, 0.4) is 0 Å². The lowest BCUT2D eigenvalue weighted by Crippen LogP contribution is -2.34. The molecule has 0 aliphatic carbocycles. The van der Waals surface area contributed by atoms with Crippen LogP contribution in [0, 0.1) is 5.41 Å². The van der Waals surface area contributed by atoms with Gasteiger partial charge in [0, 0.05) is 17.5 Å². The standard InChI is InChI=1S/C13H18N4O4S/c1-13(2)8-17-12(20-9-13)11(6-14-17)22(18,19)16-4-3-10-5-15-21-7-10/h5-7,16H,3-4,8-9H2,1-2H3. The summed E-state index contributed by atoms with van der Waals surface area (Å²) < 4.78 is 39.2. The van der Waals surface area contributed by atoms with Gasteiger partial charge in [-0.1, -0.05) is 19.0 Å². The van der Waals surface area contributed by atoms with Gasteiger partial charge in [-0.3, -0.25) is 0 Å². The Morgan fingerprint density at radius 1 is 1.41 bits per heavy atom. The molecule has 0 radical (unpaired) electrons. The molecule has 0 unspecified atom stereocenters. The highest BCUT2D eigenvalue weighted by molar-refractivity contribution is 7.89. The van der Waals surface area contributed by atoms with Crippen molar-refractivity contribution in [3.8, 4) is 5.88 Å². The van der Waals surface area contributed by atoms with E-state index in [1.54, 1.807) is 10.9 Å². The van der Waals surface area contributed by atoms with Gasteiger partial charge < -0.3 is 9.26 Å². The monoisotopic (exact) mass is 326 g/mol. The predicted molar refractivity (Wildman–Crippen MR) is 76.9 cm³/mol. The smallest absolute Gasteiger partial charge is 0.247 e. The van der Waals surface area contributed by atoms with E-state index in [0.29, 0.717) is 25.5 Å². The van der Waals surface area contributed by atoms with Crippen molar-refractivity contribution in [3.05, 3.63) is 24.2 Å². The second-order valence-corrected chi connectivity index (χ2v) is 7.84. The Labute approximate surface area is 128 Å². The van der Waals surface area contributed by atoms with Gasteiger partial charge in [-0.2, -0.15) is 5.10 Å². The first-order chi connectivity index (χ1) is 10.4. The van der Waals surface area contributed by atoms with E-state index in [9.17, 15) is 8.42 Å². The molecule has 0 bridgehead atoms. The van der Waals surface area contributed by atoms with Crippen molar-refractivity contribution < 1.29 is 17.7 Å². The van der Waals surface area contributed by atoms with Crippen LogP contribution in [-0.2, 0) is 23.0 Å². The Balaban J connectivity index is 1.72. The molecule has 2 aromatic heterocycles. The maximum atomic E-state index is 12.4. The first kappa shape index (κ1) is 15.0. The van der Waals surface area contributed by atoms with E-state index in [2.05, 4.69) is 15.0 Å². The van der Waals surface area contributed by atoms with Crippen molar-refractivity contribution in [2.24, 2.45) is 5.41 Å². The molecule has 1 aliphatic rings. The van der Waals surface area contributed by atoms with Gasteiger partial charge in [0.1, 0.15) is 6.26 Å². The fourth-order valence-electron chi connectivity index (χ4n) is 2.27. The normalized spacial score (nSPS) is 17.0. The third-order valence-corrected chi connectivity index (χ3v) is 4.86. The molecule has 0 fully saturated rings. The molecule has 120 valence electrons. The van der Waals surface area contributed by atoms with Gasteiger partial charge in [-0.25, -0.2) is 17.8 Å². The van der Waals surface area contributed by atoms with Crippen LogP contribution in [0.15, 0.2) is 28.1 Å². The number of hydrogen-bond acceptors (Lipinski definition) is 6. The van der Waals surface area contributed by atoms with E-state index >= 15 is 0 Å². The summed E-state index contributed by atoms with van der Waals surface area (Å²) in [6.07, 6.45) is 4.88. The highest BCUT2D eigenvalue weighted by Crippen LogP contribution is 2.32. The zero-order valence-corrected chi connectivity index (χ0v) is 13.3. The van der Waals surface area contributed by atoms with Gasteiger partial charge in [0.15, 0.2) is 4.90 Å². The Bertz CT molecular complexity index is 749. The van der Waals surface area contributed by atoms with Crippen molar-refractivity contribution in [2.75, 3.05) is 13.2 Å². The summed E-state index contributed by atoms with van der Waals surface area (Å²) >= 11 is 0. The first-order valence-corrected chi connectivity index (χ1v) is 8.42. The van der Waals surface area contributed by atoms with Crippen LogP contribution in [0.2, 0.25) is 0 Å². The van der Waals surface area contributed by atoms with Gasteiger partial charge in [0.25, 0.3) is 0 Å². The van der Waals surface area contributed by atoms with Crippen LogP contribution in [0.1, 0.15) is 19.4 Å². The molecule has 3 heterocycles. The molecular weight excluding hydrogens is 308 g/mol. The molecule has 1 N–H and O–H groups in total. The average Bonchev–Trinajstić information content (AvgIpc) is 3.06. The third-order valence-electron chi connectivity index (χ3n) is 3.42. The fraction of sp³-hybridized carbons (Fsp3) is 0.538. The summed E-state index contributed by atoms with van der Waals surface area (Å²) in [5.74, 6) is 0.303. The number of ether oxygens (including phenoxy) is 1. The van der Waals surface area contributed by atoms with Gasteiger partial charge in [-0.05, 0) is 6.42 Å². The largest absolute Gasteiger partial charge is 0.476 e. The number of fused-ring (bicyclic) bond motifs is 1. The Morgan fingerprint density at radius 2 is 2.23 bits per heavy atom. The van der Waals surface area contributed by atoms with E-state index in [1.807, 2.05) is 13.8 Å². The second kappa shape index (κ2) is 5.40. The molecule has 9 heteroatoms. The predicted octanol–water partition coefficient (Wildman–Crippen LogP) is 0.811. The zero-order valence-electron chi connectivity index (χ0n) is 12.4. The number of nitrogens with one attached hydrogen (secondary N) is 1. The minimum Gasteiger partial charge on any atom is -0.476 e. The van der Waals surface area contributed by atoms with Crippen LogP contribution in [0.4, 0.5) is 0 Å². The Hall–Kier alpha value is -1.87. The van der Waals surface area contributed by atoms with Gasteiger partial charge in [0.2, 0.25) is 15.9 Å². The molecule has 3 rings (SSSR count). The van der Waals surface area contributed by atoms with Crippen molar-refractivity contribution in [3.63, 3.8) is 0 Å². The van der Waals surface area contributed by atoms with E-state index in [4.69, 9.17) is 9.26 Å². The molecule has 0 saturated carbocycles. The lowest BCUT2D eigenvalue weighted by Gasteiger charge is -2.30. The molecule has 1 aliphatic heterocycles. The third kappa shape index (κ3) is 3.00. The molecule has 22 heavy (non-hydrogen) atoms. The first-order valence-electron chi connectivity index (χ1n) is 6.94. The molecule has 0 atom stereocenters. The van der Waals surface area contributed by atoms with Gasteiger partial charge in [-0.15, -0.1) is 0 Å². The van der Waals surface area contributed by atoms with Gasteiger partial charge >= 0.3 is 0 Å². The second-order valence-electron chi connectivity index (χ2n) is 6.10. The molecule has 0 saturated heterocycles. The topological polar surface area (TPSA) is 99.2 Å². The number of rotatable bonds is 5. The summed E-state index contributed by atoms with van der Waals surface area (Å²) in [6.45, 7) is 5.42. The Kier molecular flexibility index (Phi) is 3.69. The number of hydrogen-bond donors (Lipinski definition) is 1. The summed E-state index contributed by atoms with van der Waals surface area (Å²) in [6, 6.07) is 0. The quantitative estimate of drug-likeness (QED) is 0.873. The molecule has 0 spiro atoms. The zero-order chi connectivity index (χ0) is 15.8. The number of aromatic nitrogens is 3. The van der Waals surface area contributed by atoms with Crippen LogP contribution in [0.5, 0.6) is 5.88 Å². The van der Waals surface area contributed by atoms with E-state index in [-0.39, 0.29) is 16.9 Å². The van der Waals surface area contributed by atoms with Crippen molar-refractivity contribution >= 4 is 10.0 Å².